The van der Waals surface area contributed by atoms with Gasteiger partial charge in [0.2, 0.25) is 0 Å². The van der Waals surface area contributed by atoms with Crippen LogP contribution in [0.4, 0.5) is 0 Å². The van der Waals surface area contributed by atoms with E-state index in [2.05, 4.69) is 46.6 Å². The number of nitrogens with two attached hydrogens (primary N) is 1. The number of rotatable bonds is 1. The van der Waals surface area contributed by atoms with Gasteiger partial charge in [-0.15, -0.1) is 0 Å². The Bertz CT molecular complexity index is 560. The minimum Gasteiger partial charge on any atom is -0.327 e. The summed E-state index contributed by atoms with van der Waals surface area (Å²) in [6, 6.07) is 5.00. The Kier molecular flexibility index (Phi) is 2.84. The molecule has 2 unspecified atom stereocenters. The van der Waals surface area contributed by atoms with Gasteiger partial charge in [0.1, 0.15) is 5.65 Å². The summed E-state index contributed by atoms with van der Waals surface area (Å²) in [4.78, 5) is 6.86. The number of nitrogens with zero attached hydrogens (tertiary/aromatic N) is 3. The first kappa shape index (κ1) is 11.7. The number of fused-ring (bicyclic) bond motifs is 1. The van der Waals surface area contributed by atoms with Gasteiger partial charge in [-0.1, -0.05) is 0 Å². The van der Waals surface area contributed by atoms with Gasteiger partial charge in [-0.05, 0) is 44.5 Å². The van der Waals surface area contributed by atoms with Gasteiger partial charge in [-0.3, -0.25) is 4.90 Å². The minimum atomic E-state index is 0.313. The molecule has 18 heavy (non-hydrogen) atoms. The molecule has 2 N–H and O–H groups in total. The second-order valence-electron chi connectivity index (χ2n) is 5.41. The monoisotopic (exact) mass is 244 g/mol. The largest absolute Gasteiger partial charge is 0.327 e. The van der Waals surface area contributed by atoms with Gasteiger partial charge in [-0.2, -0.15) is 0 Å². The molecule has 96 valence electrons. The number of pyridine rings is 1. The quantitative estimate of drug-likeness (QED) is 0.831. The molecule has 2 atom stereocenters. The van der Waals surface area contributed by atoms with Crippen molar-refractivity contribution in [1.82, 2.24) is 14.3 Å². The van der Waals surface area contributed by atoms with Gasteiger partial charge < -0.3 is 10.1 Å². The number of imidazole rings is 1. The molecule has 0 saturated carbocycles. The third kappa shape index (κ3) is 1.91. The zero-order valence-electron chi connectivity index (χ0n) is 11.0. The van der Waals surface area contributed by atoms with Crippen molar-refractivity contribution in [3.8, 4) is 0 Å². The lowest BCUT2D eigenvalue weighted by Crippen LogP contribution is -2.42. The summed E-state index contributed by atoms with van der Waals surface area (Å²) in [5.74, 6) is 0. The Labute approximate surface area is 107 Å². The number of likely N-dealkylation sites (N-methyl/N-ethyl adjacent to an activating group) is 1. The number of hydrogen-bond donors (Lipinski definition) is 1. The zero-order valence-corrected chi connectivity index (χ0v) is 11.0. The average Bonchev–Trinajstić information content (AvgIpc) is 2.72. The molecule has 3 rings (SSSR count). The van der Waals surface area contributed by atoms with Crippen molar-refractivity contribution in [2.75, 3.05) is 13.6 Å². The lowest BCUT2D eigenvalue weighted by atomic mass is 9.97. The molecule has 3 heterocycles. The normalized spacial score (nSPS) is 25.7. The van der Waals surface area contributed by atoms with Crippen molar-refractivity contribution in [1.29, 1.82) is 0 Å². The summed E-state index contributed by atoms with van der Waals surface area (Å²) in [7, 11) is 2.15. The van der Waals surface area contributed by atoms with Crippen LogP contribution in [-0.2, 0) is 0 Å². The van der Waals surface area contributed by atoms with E-state index in [0.717, 1.165) is 25.0 Å². The highest BCUT2D eigenvalue weighted by molar-refractivity contribution is 5.43. The first-order valence-electron chi connectivity index (χ1n) is 6.54. The third-order valence-electron chi connectivity index (χ3n) is 3.90. The van der Waals surface area contributed by atoms with Gasteiger partial charge in [-0.25, -0.2) is 4.98 Å². The van der Waals surface area contributed by atoms with E-state index in [1.54, 1.807) is 0 Å². The average molecular weight is 244 g/mol. The summed E-state index contributed by atoms with van der Waals surface area (Å²) in [6.07, 6.45) is 6.33. The van der Waals surface area contributed by atoms with Gasteiger partial charge >= 0.3 is 0 Å². The van der Waals surface area contributed by atoms with Crippen molar-refractivity contribution in [3.63, 3.8) is 0 Å². The summed E-state index contributed by atoms with van der Waals surface area (Å²) >= 11 is 0. The topological polar surface area (TPSA) is 46.6 Å². The molecule has 1 aliphatic heterocycles. The predicted octanol–water partition coefficient (Wildman–Crippen LogP) is 1.74. The van der Waals surface area contributed by atoms with Crippen molar-refractivity contribution in [2.24, 2.45) is 5.73 Å². The van der Waals surface area contributed by atoms with E-state index >= 15 is 0 Å². The molecule has 4 heteroatoms. The predicted molar refractivity (Wildman–Crippen MR) is 72.5 cm³/mol. The number of piperidine rings is 1. The van der Waals surface area contributed by atoms with E-state index in [9.17, 15) is 0 Å². The molecule has 1 aliphatic rings. The van der Waals surface area contributed by atoms with Gasteiger partial charge in [0.15, 0.2) is 0 Å². The van der Waals surface area contributed by atoms with Crippen LogP contribution in [0.15, 0.2) is 24.5 Å². The van der Waals surface area contributed by atoms with Crippen LogP contribution in [0.1, 0.15) is 30.1 Å². The molecule has 0 radical (unpaired) electrons. The van der Waals surface area contributed by atoms with E-state index in [-0.39, 0.29) is 0 Å². The molecule has 0 aromatic carbocycles. The molecule has 0 aliphatic carbocycles. The molecule has 0 amide bonds. The fourth-order valence-corrected chi connectivity index (χ4v) is 2.90. The van der Waals surface area contributed by atoms with Crippen molar-refractivity contribution in [3.05, 3.63) is 35.8 Å². The van der Waals surface area contributed by atoms with Crippen LogP contribution in [0.3, 0.4) is 0 Å². The number of likely N-dealkylation sites (tertiary alicyclic amines) is 1. The van der Waals surface area contributed by atoms with E-state index in [1.165, 1.54) is 11.3 Å². The second-order valence-corrected chi connectivity index (χ2v) is 5.41. The van der Waals surface area contributed by atoms with E-state index < -0.39 is 0 Å². The fraction of sp³-hybridized carbons (Fsp3) is 0.500. The fourth-order valence-electron chi connectivity index (χ4n) is 2.90. The second kappa shape index (κ2) is 4.37. The number of aromatic nitrogens is 2. The molecule has 0 bridgehead atoms. The van der Waals surface area contributed by atoms with Crippen LogP contribution in [0.25, 0.3) is 5.65 Å². The van der Waals surface area contributed by atoms with Gasteiger partial charge in [0.05, 0.1) is 17.9 Å². The summed E-state index contributed by atoms with van der Waals surface area (Å²) in [5, 5.41) is 0. The van der Waals surface area contributed by atoms with Crippen LogP contribution in [0.5, 0.6) is 0 Å². The Morgan fingerprint density at radius 1 is 1.39 bits per heavy atom. The molecule has 2 aromatic rings. The van der Waals surface area contributed by atoms with Crippen LogP contribution in [-0.4, -0.2) is 33.9 Å². The van der Waals surface area contributed by atoms with Gasteiger partial charge in [0.25, 0.3) is 0 Å². The highest BCUT2D eigenvalue weighted by atomic mass is 15.2. The van der Waals surface area contributed by atoms with Crippen molar-refractivity contribution < 1.29 is 0 Å². The lowest BCUT2D eigenvalue weighted by Gasteiger charge is -2.35. The molecule has 2 aromatic heterocycles. The Hall–Kier alpha value is -1.39. The molecular weight excluding hydrogens is 224 g/mol. The first-order valence-corrected chi connectivity index (χ1v) is 6.54. The van der Waals surface area contributed by atoms with Crippen LogP contribution >= 0.6 is 0 Å². The minimum absolute atomic E-state index is 0.313. The highest BCUT2D eigenvalue weighted by Gasteiger charge is 2.26. The summed E-state index contributed by atoms with van der Waals surface area (Å²) < 4.78 is 2.20. The summed E-state index contributed by atoms with van der Waals surface area (Å²) in [5.41, 5.74) is 9.57. The summed E-state index contributed by atoms with van der Waals surface area (Å²) in [6.45, 7) is 3.06. The Morgan fingerprint density at radius 2 is 2.22 bits per heavy atom. The lowest BCUT2D eigenvalue weighted by molar-refractivity contribution is 0.165. The zero-order chi connectivity index (χ0) is 12.7. The van der Waals surface area contributed by atoms with E-state index in [1.807, 2.05) is 6.20 Å². The van der Waals surface area contributed by atoms with Gasteiger partial charge in [0, 0.05) is 18.8 Å². The number of hydrogen-bond acceptors (Lipinski definition) is 3. The smallest absolute Gasteiger partial charge is 0.137 e. The van der Waals surface area contributed by atoms with Crippen LogP contribution in [0.2, 0.25) is 0 Å². The highest BCUT2D eigenvalue weighted by Crippen LogP contribution is 2.29. The molecule has 4 nitrogen and oxygen atoms in total. The van der Waals surface area contributed by atoms with Crippen LogP contribution in [0, 0.1) is 6.92 Å². The van der Waals surface area contributed by atoms with Crippen molar-refractivity contribution in [2.45, 2.75) is 31.8 Å². The third-order valence-corrected chi connectivity index (χ3v) is 3.90. The van der Waals surface area contributed by atoms with E-state index in [4.69, 9.17) is 5.73 Å². The molecule has 0 spiro atoms. The van der Waals surface area contributed by atoms with Crippen molar-refractivity contribution >= 4 is 5.65 Å². The Morgan fingerprint density at radius 3 is 3.00 bits per heavy atom. The Balaban J connectivity index is 1.99. The molecular formula is C14H20N4. The van der Waals surface area contributed by atoms with E-state index in [0.29, 0.717) is 12.1 Å². The SMILES string of the molecule is Cc1ccn2c(C3CCC(N)CN3C)cnc2c1. The standard InChI is InChI=1S/C14H20N4/c1-10-5-6-18-13(8-16-14(18)7-10)12-4-3-11(15)9-17(12)2/h5-8,11-12H,3-4,9,15H2,1-2H3. The maximum atomic E-state index is 6.01. The maximum absolute atomic E-state index is 6.01. The number of aryl methyl sites for hydroxylation is 1. The molecule has 1 fully saturated rings. The first-order chi connectivity index (χ1) is 8.65. The molecule has 1 saturated heterocycles. The maximum Gasteiger partial charge on any atom is 0.137 e. The van der Waals surface area contributed by atoms with Crippen LogP contribution < -0.4 is 5.73 Å².